The molecule has 134 valence electrons. The van der Waals surface area contributed by atoms with Gasteiger partial charge in [0.2, 0.25) is 5.95 Å². The highest BCUT2D eigenvalue weighted by molar-refractivity contribution is 6.30. The van der Waals surface area contributed by atoms with E-state index in [9.17, 15) is 0 Å². The summed E-state index contributed by atoms with van der Waals surface area (Å²) in [6.07, 6.45) is 0. The van der Waals surface area contributed by atoms with Crippen molar-refractivity contribution in [2.75, 3.05) is 24.9 Å². The van der Waals surface area contributed by atoms with E-state index in [4.69, 9.17) is 21.1 Å². The average Bonchev–Trinajstić information content (AvgIpc) is 2.63. The Bertz CT molecular complexity index is 901. The van der Waals surface area contributed by atoms with Crippen molar-refractivity contribution < 1.29 is 9.47 Å². The molecule has 0 unspecified atom stereocenters. The Morgan fingerprint density at radius 3 is 2.35 bits per heavy atom. The number of anilines is 4. The fraction of sp³-hybridized carbons (Fsp3) is 0.158. The molecule has 3 rings (SSSR count). The Balaban J connectivity index is 1.87. The van der Waals surface area contributed by atoms with E-state index in [-0.39, 0.29) is 0 Å². The van der Waals surface area contributed by atoms with Crippen molar-refractivity contribution in [3.63, 3.8) is 0 Å². The third-order valence-electron chi connectivity index (χ3n) is 3.62. The van der Waals surface area contributed by atoms with Crippen LogP contribution in [0.25, 0.3) is 0 Å². The number of nitrogens with one attached hydrogen (secondary N) is 2. The van der Waals surface area contributed by atoms with E-state index >= 15 is 0 Å². The SMILES string of the molecule is COc1ccc(OC)c(Nc2nc(C)cc(Nc3ccc(Cl)cc3)n2)c1. The largest absolute Gasteiger partial charge is 0.497 e. The number of halogens is 1. The maximum Gasteiger partial charge on any atom is 0.229 e. The van der Waals surface area contributed by atoms with Crippen molar-refractivity contribution >= 4 is 34.7 Å². The van der Waals surface area contributed by atoms with Crippen LogP contribution in [0.2, 0.25) is 5.02 Å². The lowest BCUT2D eigenvalue weighted by atomic mass is 10.2. The smallest absolute Gasteiger partial charge is 0.229 e. The molecule has 1 aromatic heterocycles. The van der Waals surface area contributed by atoms with Crippen LogP contribution < -0.4 is 20.1 Å². The van der Waals surface area contributed by atoms with Crippen LogP contribution in [-0.4, -0.2) is 24.2 Å². The van der Waals surface area contributed by atoms with Crippen LogP contribution in [0, 0.1) is 6.92 Å². The van der Waals surface area contributed by atoms with Crippen LogP contribution in [0.1, 0.15) is 5.69 Å². The van der Waals surface area contributed by atoms with Gasteiger partial charge in [-0.25, -0.2) is 4.98 Å². The van der Waals surface area contributed by atoms with Gasteiger partial charge in [-0.3, -0.25) is 0 Å². The molecule has 6 nitrogen and oxygen atoms in total. The maximum absolute atomic E-state index is 5.92. The van der Waals surface area contributed by atoms with Crippen LogP contribution in [0.4, 0.5) is 23.1 Å². The van der Waals surface area contributed by atoms with Gasteiger partial charge in [-0.15, -0.1) is 0 Å². The van der Waals surface area contributed by atoms with E-state index in [1.165, 1.54) is 0 Å². The molecule has 2 aromatic carbocycles. The topological polar surface area (TPSA) is 68.3 Å². The molecule has 0 aliphatic rings. The fourth-order valence-corrected chi connectivity index (χ4v) is 2.53. The van der Waals surface area contributed by atoms with Crippen LogP contribution in [-0.2, 0) is 0 Å². The maximum atomic E-state index is 5.92. The second-order valence-corrected chi connectivity index (χ2v) is 5.98. The Morgan fingerprint density at radius 2 is 1.65 bits per heavy atom. The Kier molecular flexibility index (Phi) is 5.43. The molecule has 7 heteroatoms. The van der Waals surface area contributed by atoms with E-state index < -0.39 is 0 Å². The van der Waals surface area contributed by atoms with Gasteiger partial charge < -0.3 is 20.1 Å². The Labute approximate surface area is 157 Å². The molecule has 0 aliphatic heterocycles. The minimum Gasteiger partial charge on any atom is -0.497 e. The van der Waals surface area contributed by atoms with Crippen molar-refractivity contribution in [1.82, 2.24) is 9.97 Å². The second kappa shape index (κ2) is 7.93. The van der Waals surface area contributed by atoms with Gasteiger partial charge in [0, 0.05) is 28.5 Å². The molecule has 0 saturated heterocycles. The predicted molar refractivity (Wildman–Crippen MR) is 104 cm³/mol. The highest BCUT2D eigenvalue weighted by atomic mass is 35.5. The molecular formula is C19H19ClN4O2. The van der Waals surface area contributed by atoms with Crippen molar-refractivity contribution in [2.24, 2.45) is 0 Å². The summed E-state index contributed by atoms with van der Waals surface area (Å²) >= 11 is 5.92. The predicted octanol–water partition coefficient (Wildman–Crippen LogP) is 4.94. The molecule has 1 heterocycles. The first-order valence-electron chi connectivity index (χ1n) is 7.94. The number of rotatable bonds is 6. The van der Waals surface area contributed by atoms with Crippen molar-refractivity contribution in [3.05, 3.63) is 59.2 Å². The van der Waals surface area contributed by atoms with Crippen LogP contribution in [0.3, 0.4) is 0 Å². The number of hydrogen-bond donors (Lipinski definition) is 2. The average molecular weight is 371 g/mol. The lowest BCUT2D eigenvalue weighted by Gasteiger charge is -2.13. The summed E-state index contributed by atoms with van der Waals surface area (Å²) in [6, 6.07) is 14.8. The van der Waals surface area contributed by atoms with E-state index in [1.54, 1.807) is 14.2 Å². The molecule has 0 fully saturated rings. The van der Waals surface area contributed by atoms with Gasteiger partial charge in [0.25, 0.3) is 0 Å². The molecule has 2 N–H and O–H groups in total. The zero-order valence-electron chi connectivity index (χ0n) is 14.7. The van der Waals surface area contributed by atoms with Gasteiger partial charge >= 0.3 is 0 Å². The normalized spacial score (nSPS) is 10.3. The first-order chi connectivity index (χ1) is 12.6. The number of nitrogens with zero attached hydrogens (tertiary/aromatic N) is 2. The number of benzene rings is 2. The third kappa shape index (κ3) is 4.34. The van der Waals surface area contributed by atoms with Crippen LogP contribution >= 0.6 is 11.6 Å². The molecular weight excluding hydrogens is 352 g/mol. The summed E-state index contributed by atoms with van der Waals surface area (Å²) < 4.78 is 10.7. The zero-order chi connectivity index (χ0) is 18.5. The van der Waals surface area contributed by atoms with E-state index in [2.05, 4.69) is 20.6 Å². The van der Waals surface area contributed by atoms with Gasteiger partial charge in [0.05, 0.1) is 19.9 Å². The van der Waals surface area contributed by atoms with Gasteiger partial charge in [-0.05, 0) is 43.3 Å². The zero-order valence-corrected chi connectivity index (χ0v) is 15.5. The van der Waals surface area contributed by atoms with E-state index in [0.29, 0.717) is 28.3 Å². The molecule has 26 heavy (non-hydrogen) atoms. The van der Waals surface area contributed by atoms with Crippen molar-refractivity contribution in [1.29, 1.82) is 0 Å². The molecule has 0 atom stereocenters. The van der Waals surface area contributed by atoms with Gasteiger partial charge in [-0.1, -0.05) is 11.6 Å². The molecule has 0 aliphatic carbocycles. The molecule has 0 spiro atoms. The summed E-state index contributed by atoms with van der Waals surface area (Å²) in [5.41, 5.74) is 2.42. The quantitative estimate of drug-likeness (QED) is 0.640. The lowest BCUT2D eigenvalue weighted by Crippen LogP contribution is -2.03. The Hall–Kier alpha value is -2.99. The Morgan fingerprint density at radius 1 is 0.885 bits per heavy atom. The monoisotopic (exact) mass is 370 g/mol. The van der Waals surface area contributed by atoms with Crippen LogP contribution in [0.15, 0.2) is 48.5 Å². The minimum atomic E-state index is 0.452. The summed E-state index contributed by atoms with van der Waals surface area (Å²) in [6.45, 7) is 1.91. The number of methoxy groups -OCH3 is 2. The first kappa shape index (κ1) is 17.8. The minimum absolute atomic E-state index is 0.452. The molecule has 0 radical (unpaired) electrons. The van der Waals surface area contributed by atoms with Crippen LogP contribution in [0.5, 0.6) is 11.5 Å². The standard InChI is InChI=1S/C19H19ClN4O2/c1-12-10-18(22-14-6-4-13(20)5-7-14)24-19(21-12)23-16-11-15(25-2)8-9-17(16)26-3/h4-11H,1-3H3,(H2,21,22,23,24). The van der Waals surface area contributed by atoms with E-state index in [0.717, 1.165) is 17.1 Å². The summed E-state index contributed by atoms with van der Waals surface area (Å²) in [4.78, 5) is 8.95. The summed E-state index contributed by atoms with van der Waals surface area (Å²) in [7, 11) is 3.22. The van der Waals surface area contributed by atoms with Gasteiger partial charge in [0.15, 0.2) is 0 Å². The molecule has 0 amide bonds. The van der Waals surface area contributed by atoms with Gasteiger partial charge in [0.1, 0.15) is 17.3 Å². The molecule has 0 saturated carbocycles. The van der Waals surface area contributed by atoms with Crippen molar-refractivity contribution in [2.45, 2.75) is 6.92 Å². The van der Waals surface area contributed by atoms with Crippen molar-refractivity contribution in [3.8, 4) is 11.5 Å². The first-order valence-corrected chi connectivity index (χ1v) is 8.32. The lowest BCUT2D eigenvalue weighted by molar-refractivity contribution is 0.405. The summed E-state index contributed by atoms with van der Waals surface area (Å²) in [5.74, 6) is 2.50. The third-order valence-corrected chi connectivity index (χ3v) is 3.88. The highest BCUT2D eigenvalue weighted by Crippen LogP contribution is 2.31. The van der Waals surface area contributed by atoms with Gasteiger partial charge in [-0.2, -0.15) is 4.98 Å². The number of hydrogen-bond acceptors (Lipinski definition) is 6. The molecule has 3 aromatic rings. The highest BCUT2D eigenvalue weighted by Gasteiger charge is 2.09. The number of ether oxygens (including phenoxy) is 2. The second-order valence-electron chi connectivity index (χ2n) is 5.54. The van der Waals surface area contributed by atoms with E-state index in [1.807, 2.05) is 55.5 Å². The fourth-order valence-electron chi connectivity index (χ4n) is 2.40. The number of aromatic nitrogens is 2. The summed E-state index contributed by atoms with van der Waals surface area (Å²) in [5, 5.41) is 7.11. The molecule has 0 bridgehead atoms. The number of aryl methyl sites for hydroxylation is 1.